The summed E-state index contributed by atoms with van der Waals surface area (Å²) in [5, 5.41) is 3.49. The molecule has 0 amide bonds. The van der Waals surface area contributed by atoms with Gasteiger partial charge in [0.05, 0.1) is 6.54 Å². The monoisotopic (exact) mass is 370 g/mol. The Bertz CT molecular complexity index is 788. The second-order valence-electron chi connectivity index (χ2n) is 6.73. The van der Waals surface area contributed by atoms with Crippen molar-refractivity contribution >= 4 is 5.96 Å². The zero-order chi connectivity index (χ0) is 19.4. The lowest BCUT2D eigenvalue weighted by Gasteiger charge is -2.27. The molecule has 3 aromatic rings. The number of guanidine groups is 1. The van der Waals surface area contributed by atoms with Crippen LogP contribution in [-0.4, -0.2) is 17.4 Å². The van der Waals surface area contributed by atoms with Crippen molar-refractivity contribution in [2.75, 3.05) is 6.54 Å². The van der Waals surface area contributed by atoms with E-state index in [0.29, 0.717) is 6.54 Å². The highest BCUT2D eigenvalue weighted by Gasteiger charge is 2.13. The van der Waals surface area contributed by atoms with Crippen LogP contribution < -0.4 is 5.32 Å². The van der Waals surface area contributed by atoms with Crippen molar-refractivity contribution in [3.05, 3.63) is 115 Å². The Kier molecular flexibility index (Phi) is 7.68. The van der Waals surface area contributed by atoms with E-state index in [2.05, 4.69) is 102 Å². The Labute approximate surface area is 168 Å². The van der Waals surface area contributed by atoms with Crippen LogP contribution in [-0.2, 0) is 19.6 Å². The molecule has 0 fully saturated rings. The molecule has 1 N–H and O–H groups in total. The average molecular weight is 371 g/mol. The van der Waals surface area contributed by atoms with Gasteiger partial charge in [0.25, 0.3) is 0 Å². The summed E-state index contributed by atoms with van der Waals surface area (Å²) < 4.78 is 0. The van der Waals surface area contributed by atoms with Crippen molar-refractivity contribution < 1.29 is 0 Å². The van der Waals surface area contributed by atoms with E-state index in [9.17, 15) is 0 Å². The van der Waals surface area contributed by atoms with Gasteiger partial charge in [0.15, 0.2) is 5.96 Å². The third-order valence-corrected chi connectivity index (χ3v) is 4.45. The molecule has 3 heteroatoms. The van der Waals surface area contributed by atoms with Gasteiger partial charge in [-0.1, -0.05) is 97.9 Å². The Hall–Kier alpha value is -3.07. The van der Waals surface area contributed by atoms with Gasteiger partial charge in [0, 0.05) is 19.6 Å². The molecule has 0 saturated carbocycles. The minimum atomic E-state index is 0.653. The normalized spacial score (nSPS) is 11.2. The highest BCUT2D eigenvalue weighted by Crippen LogP contribution is 2.11. The third-order valence-electron chi connectivity index (χ3n) is 4.45. The van der Waals surface area contributed by atoms with Crippen LogP contribution in [0.25, 0.3) is 0 Å². The molecule has 3 aromatic carbocycles. The molecule has 0 atom stereocenters. The summed E-state index contributed by atoms with van der Waals surface area (Å²) in [6.07, 6.45) is 0.814. The minimum absolute atomic E-state index is 0.653. The summed E-state index contributed by atoms with van der Waals surface area (Å²) >= 11 is 0. The van der Waals surface area contributed by atoms with Crippen LogP contribution in [0.4, 0.5) is 0 Å². The van der Waals surface area contributed by atoms with Crippen molar-refractivity contribution in [1.29, 1.82) is 0 Å². The van der Waals surface area contributed by atoms with E-state index in [1.165, 1.54) is 16.7 Å². The Morgan fingerprint density at radius 1 is 0.714 bits per heavy atom. The van der Waals surface area contributed by atoms with Crippen LogP contribution in [0, 0.1) is 6.92 Å². The van der Waals surface area contributed by atoms with Crippen LogP contribution in [0.2, 0.25) is 0 Å². The standard InChI is InChI=1S/C25H28N3/c1-2-18-26-25(27-19-22-12-6-3-7-13-22)28(20-23-14-8-4-9-15-23)21-24-16-10-5-11-17-24/h3-17H,1-2,18-21H2,(H,26,27). The van der Waals surface area contributed by atoms with E-state index in [0.717, 1.165) is 32.0 Å². The maximum Gasteiger partial charge on any atom is 0.194 e. The fourth-order valence-electron chi connectivity index (χ4n) is 3.03. The first kappa shape index (κ1) is 19.7. The zero-order valence-electron chi connectivity index (χ0n) is 16.3. The molecule has 3 rings (SSSR count). The molecule has 0 aliphatic heterocycles. The largest absolute Gasteiger partial charge is 0.356 e. The molecule has 0 spiro atoms. The fraction of sp³-hybridized carbons (Fsp3) is 0.200. The number of nitrogens with one attached hydrogen (secondary N) is 1. The Morgan fingerprint density at radius 3 is 1.64 bits per heavy atom. The van der Waals surface area contributed by atoms with Crippen LogP contribution in [0.5, 0.6) is 0 Å². The molecular weight excluding hydrogens is 342 g/mol. The minimum Gasteiger partial charge on any atom is -0.356 e. The van der Waals surface area contributed by atoms with E-state index >= 15 is 0 Å². The summed E-state index contributed by atoms with van der Waals surface area (Å²) in [5.41, 5.74) is 3.74. The van der Waals surface area contributed by atoms with Gasteiger partial charge in [-0.3, -0.25) is 0 Å². The molecule has 3 nitrogen and oxygen atoms in total. The lowest BCUT2D eigenvalue weighted by Crippen LogP contribution is -2.41. The van der Waals surface area contributed by atoms with Crippen molar-refractivity contribution in [3.63, 3.8) is 0 Å². The predicted octanol–water partition coefficient (Wildman–Crippen LogP) is 5.06. The molecule has 0 aliphatic carbocycles. The van der Waals surface area contributed by atoms with Gasteiger partial charge in [-0.2, -0.15) is 0 Å². The predicted molar refractivity (Wildman–Crippen MR) is 118 cm³/mol. The SMILES string of the molecule is [CH2]CCNC(=NCc1ccccc1)N(Cc1ccccc1)Cc1ccccc1. The summed E-state index contributed by atoms with van der Waals surface area (Å²) in [6.45, 7) is 7.02. The van der Waals surface area contributed by atoms with Crippen LogP contribution in [0.1, 0.15) is 23.1 Å². The smallest absolute Gasteiger partial charge is 0.194 e. The first-order valence-corrected chi connectivity index (χ1v) is 9.79. The molecule has 0 bridgehead atoms. The van der Waals surface area contributed by atoms with Crippen LogP contribution >= 0.6 is 0 Å². The van der Waals surface area contributed by atoms with E-state index in [4.69, 9.17) is 4.99 Å². The van der Waals surface area contributed by atoms with Crippen molar-refractivity contribution in [2.45, 2.75) is 26.1 Å². The molecule has 0 aliphatic rings. The topological polar surface area (TPSA) is 27.6 Å². The second-order valence-corrected chi connectivity index (χ2v) is 6.73. The van der Waals surface area contributed by atoms with Crippen molar-refractivity contribution in [3.8, 4) is 0 Å². The highest BCUT2D eigenvalue weighted by molar-refractivity contribution is 5.80. The lowest BCUT2D eigenvalue weighted by atomic mass is 10.1. The Balaban J connectivity index is 1.85. The number of benzene rings is 3. The summed E-state index contributed by atoms with van der Waals surface area (Å²) in [4.78, 5) is 7.24. The number of nitrogens with zero attached hydrogens (tertiary/aromatic N) is 2. The average Bonchev–Trinajstić information content (AvgIpc) is 2.76. The third kappa shape index (κ3) is 6.27. The number of hydrogen-bond donors (Lipinski definition) is 1. The number of rotatable bonds is 8. The molecule has 28 heavy (non-hydrogen) atoms. The van der Waals surface area contributed by atoms with Gasteiger partial charge in [-0.05, 0) is 23.1 Å². The molecule has 0 heterocycles. The highest BCUT2D eigenvalue weighted by atomic mass is 15.3. The Morgan fingerprint density at radius 2 is 1.18 bits per heavy atom. The zero-order valence-corrected chi connectivity index (χ0v) is 16.3. The van der Waals surface area contributed by atoms with Gasteiger partial charge in [-0.25, -0.2) is 4.99 Å². The molecule has 143 valence electrons. The first-order valence-electron chi connectivity index (χ1n) is 9.79. The molecular formula is C25H28N3. The number of aliphatic imine (C=N–C) groups is 1. The van der Waals surface area contributed by atoms with Crippen LogP contribution in [0.3, 0.4) is 0 Å². The maximum absolute atomic E-state index is 4.93. The summed E-state index contributed by atoms with van der Waals surface area (Å²) in [5.74, 6) is 0.917. The second kappa shape index (κ2) is 10.9. The van der Waals surface area contributed by atoms with E-state index < -0.39 is 0 Å². The van der Waals surface area contributed by atoms with Gasteiger partial charge in [-0.15, -0.1) is 0 Å². The lowest BCUT2D eigenvalue weighted by molar-refractivity contribution is 0.388. The molecule has 1 radical (unpaired) electrons. The first-order chi connectivity index (χ1) is 13.8. The maximum atomic E-state index is 4.93. The number of hydrogen-bond acceptors (Lipinski definition) is 1. The van der Waals surface area contributed by atoms with Gasteiger partial charge in [0.2, 0.25) is 0 Å². The molecule has 0 unspecified atom stereocenters. The quantitative estimate of drug-likeness (QED) is 0.443. The van der Waals surface area contributed by atoms with E-state index in [-0.39, 0.29) is 0 Å². The van der Waals surface area contributed by atoms with Gasteiger partial charge < -0.3 is 10.2 Å². The van der Waals surface area contributed by atoms with E-state index in [1.807, 2.05) is 6.07 Å². The fourth-order valence-corrected chi connectivity index (χ4v) is 3.03. The van der Waals surface area contributed by atoms with Gasteiger partial charge in [0.1, 0.15) is 0 Å². The van der Waals surface area contributed by atoms with Gasteiger partial charge >= 0.3 is 0 Å². The van der Waals surface area contributed by atoms with Crippen molar-refractivity contribution in [2.24, 2.45) is 4.99 Å². The molecule has 0 aromatic heterocycles. The van der Waals surface area contributed by atoms with E-state index in [1.54, 1.807) is 0 Å². The van der Waals surface area contributed by atoms with Crippen molar-refractivity contribution in [1.82, 2.24) is 10.2 Å². The summed E-state index contributed by atoms with van der Waals surface area (Å²) in [6, 6.07) is 31.5. The summed E-state index contributed by atoms with van der Waals surface area (Å²) in [7, 11) is 0. The van der Waals surface area contributed by atoms with Crippen LogP contribution in [0.15, 0.2) is 96.0 Å². The molecule has 0 saturated heterocycles.